The molecule has 0 radical (unpaired) electrons. The first-order chi connectivity index (χ1) is 7.18. The van der Waals surface area contributed by atoms with Crippen molar-refractivity contribution in [2.75, 3.05) is 0 Å². The minimum absolute atomic E-state index is 0.0440. The van der Waals surface area contributed by atoms with Gasteiger partial charge in [-0.15, -0.1) is 11.6 Å². The Balaban J connectivity index is 2.23. The van der Waals surface area contributed by atoms with Gasteiger partial charge in [-0.05, 0) is 24.8 Å². The van der Waals surface area contributed by atoms with Gasteiger partial charge < -0.3 is 5.32 Å². The van der Waals surface area contributed by atoms with Gasteiger partial charge in [0.2, 0.25) is 5.91 Å². The number of fused-ring (bicyclic) bond motifs is 1. The van der Waals surface area contributed by atoms with Crippen LogP contribution in [0.3, 0.4) is 0 Å². The number of rotatable bonds is 0. The number of amides is 1. The first-order valence-electron chi connectivity index (χ1n) is 5.51. The predicted molar refractivity (Wildman–Crippen MR) is 61.8 cm³/mol. The Morgan fingerprint density at radius 3 is 2.80 bits per heavy atom. The van der Waals surface area contributed by atoms with E-state index in [1.54, 1.807) is 6.08 Å². The minimum atomic E-state index is -0.112. The van der Waals surface area contributed by atoms with Crippen molar-refractivity contribution in [2.24, 2.45) is 11.8 Å². The standard InChI is InChI=1S/C11H15Cl2NO/c12-9-6-10(13)14-11(15)8-5-3-1-2-4-7(8)9/h6-9H,1-5H2,(H,14,15). The van der Waals surface area contributed by atoms with E-state index in [-0.39, 0.29) is 23.1 Å². The maximum absolute atomic E-state index is 11.9. The van der Waals surface area contributed by atoms with Crippen molar-refractivity contribution in [3.05, 3.63) is 11.2 Å². The minimum Gasteiger partial charge on any atom is -0.317 e. The Morgan fingerprint density at radius 1 is 1.27 bits per heavy atom. The van der Waals surface area contributed by atoms with E-state index in [0.717, 1.165) is 19.3 Å². The molecular weight excluding hydrogens is 233 g/mol. The summed E-state index contributed by atoms with van der Waals surface area (Å²) < 4.78 is 0. The molecule has 0 spiro atoms. The van der Waals surface area contributed by atoms with E-state index in [4.69, 9.17) is 23.2 Å². The highest BCUT2D eigenvalue weighted by Gasteiger charge is 2.35. The fourth-order valence-electron chi connectivity index (χ4n) is 2.56. The quantitative estimate of drug-likeness (QED) is 0.518. The van der Waals surface area contributed by atoms with Gasteiger partial charge in [-0.2, -0.15) is 0 Å². The van der Waals surface area contributed by atoms with Gasteiger partial charge >= 0.3 is 0 Å². The molecule has 1 N–H and O–H groups in total. The smallest absolute Gasteiger partial charge is 0.228 e. The molecule has 0 aromatic carbocycles. The van der Waals surface area contributed by atoms with Crippen molar-refractivity contribution in [3.63, 3.8) is 0 Å². The highest BCUT2D eigenvalue weighted by Crippen LogP contribution is 2.36. The van der Waals surface area contributed by atoms with Gasteiger partial charge in [-0.3, -0.25) is 4.79 Å². The topological polar surface area (TPSA) is 29.1 Å². The van der Waals surface area contributed by atoms with Crippen molar-refractivity contribution in [1.82, 2.24) is 5.32 Å². The zero-order chi connectivity index (χ0) is 10.8. The molecule has 3 atom stereocenters. The first-order valence-corrected chi connectivity index (χ1v) is 6.32. The fraction of sp³-hybridized carbons (Fsp3) is 0.727. The maximum Gasteiger partial charge on any atom is 0.228 e. The van der Waals surface area contributed by atoms with Crippen LogP contribution in [-0.2, 0) is 4.79 Å². The summed E-state index contributed by atoms with van der Waals surface area (Å²) in [6, 6.07) is 0. The highest BCUT2D eigenvalue weighted by atomic mass is 35.5. The molecule has 4 heteroatoms. The molecule has 1 saturated carbocycles. The van der Waals surface area contributed by atoms with Crippen LogP contribution in [0.4, 0.5) is 0 Å². The normalized spacial score (nSPS) is 37.1. The van der Waals surface area contributed by atoms with Crippen molar-refractivity contribution >= 4 is 29.1 Å². The van der Waals surface area contributed by atoms with E-state index in [2.05, 4.69) is 5.32 Å². The molecule has 0 aromatic heterocycles. The summed E-state index contributed by atoms with van der Waals surface area (Å²) in [7, 11) is 0. The average Bonchev–Trinajstić information content (AvgIpc) is 2.44. The molecular formula is C11H15Cl2NO. The molecule has 2 nitrogen and oxygen atoms in total. The van der Waals surface area contributed by atoms with Crippen molar-refractivity contribution in [2.45, 2.75) is 37.5 Å². The number of allylic oxidation sites excluding steroid dienone is 1. The summed E-state index contributed by atoms with van der Waals surface area (Å²) in [5, 5.41) is 2.97. The number of carbonyl (C=O) groups is 1. The Morgan fingerprint density at radius 2 is 2.00 bits per heavy atom. The molecule has 0 bridgehead atoms. The van der Waals surface area contributed by atoms with E-state index in [1.165, 1.54) is 12.8 Å². The second kappa shape index (κ2) is 4.75. The molecule has 2 aliphatic rings. The van der Waals surface area contributed by atoms with Crippen LogP contribution in [0.2, 0.25) is 0 Å². The van der Waals surface area contributed by atoms with E-state index >= 15 is 0 Å². The number of alkyl halides is 1. The van der Waals surface area contributed by atoms with Crippen LogP contribution in [0.1, 0.15) is 32.1 Å². The summed E-state index contributed by atoms with van der Waals surface area (Å²) in [6.07, 6.45) is 7.24. The lowest BCUT2D eigenvalue weighted by molar-refractivity contribution is -0.125. The molecule has 15 heavy (non-hydrogen) atoms. The molecule has 1 aliphatic carbocycles. The third-order valence-corrected chi connectivity index (χ3v) is 4.03. The summed E-state index contributed by atoms with van der Waals surface area (Å²) >= 11 is 12.1. The van der Waals surface area contributed by atoms with Gasteiger partial charge in [0, 0.05) is 5.92 Å². The van der Waals surface area contributed by atoms with Gasteiger partial charge in [0.15, 0.2) is 0 Å². The molecule has 0 saturated heterocycles. The first kappa shape index (κ1) is 11.3. The Labute approximate surface area is 100 Å². The molecule has 1 fully saturated rings. The summed E-state index contributed by atoms with van der Waals surface area (Å²) in [6.45, 7) is 0. The van der Waals surface area contributed by atoms with Crippen LogP contribution in [0, 0.1) is 11.8 Å². The molecule has 84 valence electrons. The van der Waals surface area contributed by atoms with Crippen LogP contribution in [-0.4, -0.2) is 11.3 Å². The monoisotopic (exact) mass is 247 g/mol. The number of halogens is 2. The molecule has 1 aliphatic heterocycles. The van der Waals surface area contributed by atoms with Crippen molar-refractivity contribution < 1.29 is 4.79 Å². The van der Waals surface area contributed by atoms with Gasteiger partial charge in [-0.25, -0.2) is 0 Å². The number of carbonyl (C=O) groups excluding carboxylic acids is 1. The van der Waals surface area contributed by atoms with Crippen LogP contribution in [0.15, 0.2) is 11.2 Å². The van der Waals surface area contributed by atoms with E-state index < -0.39 is 0 Å². The van der Waals surface area contributed by atoms with Gasteiger partial charge in [0.25, 0.3) is 0 Å². The SMILES string of the molecule is O=C1NC(Cl)=CC(Cl)C2CCCCCC12. The Bertz CT molecular complexity index is 290. The molecule has 1 heterocycles. The van der Waals surface area contributed by atoms with Crippen LogP contribution in [0.5, 0.6) is 0 Å². The number of hydrogen-bond acceptors (Lipinski definition) is 1. The number of hydrogen-bond donors (Lipinski definition) is 1. The predicted octanol–water partition coefficient (Wildman–Crippen LogP) is 3.00. The third kappa shape index (κ3) is 2.48. The van der Waals surface area contributed by atoms with Gasteiger partial charge in [0.1, 0.15) is 5.16 Å². The summed E-state index contributed by atoms with van der Waals surface area (Å²) in [4.78, 5) is 11.9. The zero-order valence-corrected chi connectivity index (χ0v) is 10.0. The van der Waals surface area contributed by atoms with Crippen LogP contribution < -0.4 is 5.32 Å². The third-order valence-electron chi connectivity index (χ3n) is 3.36. The average molecular weight is 248 g/mol. The van der Waals surface area contributed by atoms with Crippen LogP contribution in [0.25, 0.3) is 0 Å². The molecule has 2 rings (SSSR count). The lowest BCUT2D eigenvalue weighted by Gasteiger charge is -2.23. The van der Waals surface area contributed by atoms with Crippen molar-refractivity contribution in [3.8, 4) is 0 Å². The highest BCUT2D eigenvalue weighted by molar-refractivity contribution is 6.31. The maximum atomic E-state index is 11.9. The Hall–Kier alpha value is -0.210. The van der Waals surface area contributed by atoms with E-state index in [9.17, 15) is 4.79 Å². The van der Waals surface area contributed by atoms with Crippen molar-refractivity contribution in [1.29, 1.82) is 0 Å². The number of nitrogens with one attached hydrogen (secondary N) is 1. The fourth-order valence-corrected chi connectivity index (χ4v) is 3.28. The second-order valence-corrected chi connectivity index (χ2v) is 5.27. The van der Waals surface area contributed by atoms with Gasteiger partial charge in [0.05, 0.1) is 5.38 Å². The van der Waals surface area contributed by atoms with Crippen LogP contribution >= 0.6 is 23.2 Å². The lowest BCUT2D eigenvalue weighted by Crippen LogP contribution is -2.33. The summed E-state index contributed by atoms with van der Waals surface area (Å²) in [5.74, 6) is 0.346. The molecule has 1 amide bonds. The molecule has 3 unspecified atom stereocenters. The lowest BCUT2D eigenvalue weighted by atomic mass is 9.85. The zero-order valence-electron chi connectivity index (χ0n) is 8.51. The summed E-state index contributed by atoms with van der Waals surface area (Å²) in [5.41, 5.74) is 0. The Kier molecular flexibility index (Phi) is 3.57. The second-order valence-electron chi connectivity index (χ2n) is 4.36. The largest absolute Gasteiger partial charge is 0.317 e. The van der Waals surface area contributed by atoms with Gasteiger partial charge in [-0.1, -0.05) is 30.9 Å². The van der Waals surface area contributed by atoms with E-state index in [0.29, 0.717) is 5.16 Å². The molecule has 0 aromatic rings. The van der Waals surface area contributed by atoms with E-state index in [1.807, 2.05) is 0 Å².